The van der Waals surface area contributed by atoms with Crippen molar-refractivity contribution >= 4 is 10.9 Å². The number of aromatic amines is 1. The predicted octanol–water partition coefficient (Wildman–Crippen LogP) is 3.53. The second-order valence-electron chi connectivity index (χ2n) is 6.01. The van der Waals surface area contributed by atoms with Gasteiger partial charge in [0.2, 0.25) is 0 Å². The molecule has 2 nitrogen and oxygen atoms in total. The lowest BCUT2D eigenvalue weighted by Crippen LogP contribution is -2.18. The number of rotatable bonds is 2. The minimum Gasteiger partial charge on any atom is -0.358 e. The van der Waals surface area contributed by atoms with Gasteiger partial charge in [0.15, 0.2) is 0 Å². The summed E-state index contributed by atoms with van der Waals surface area (Å²) >= 11 is 0. The molecule has 92 valence electrons. The minimum absolute atomic E-state index is 0.157. The quantitative estimate of drug-likeness (QED) is 0.836. The smallest absolute Gasteiger partial charge is 0.0459 e. The average molecular weight is 230 g/mol. The van der Waals surface area contributed by atoms with Crippen LogP contribution in [0.25, 0.3) is 10.9 Å². The molecule has 0 amide bonds. The summed E-state index contributed by atoms with van der Waals surface area (Å²) in [6.07, 6.45) is 0. The van der Waals surface area contributed by atoms with Gasteiger partial charge < -0.3 is 9.88 Å². The number of nitrogens with zero attached hydrogens (tertiary/aromatic N) is 1. The lowest BCUT2D eigenvalue weighted by Gasteiger charge is -2.21. The van der Waals surface area contributed by atoms with Crippen LogP contribution in [-0.4, -0.2) is 24.0 Å². The second kappa shape index (κ2) is 4.19. The number of hydrogen-bond donors (Lipinski definition) is 1. The van der Waals surface area contributed by atoms with Crippen LogP contribution in [0.4, 0.5) is 0 Å². The lowest BCUT2D eigenvalue weighted by molar-refractivity contribution is 0.398. The van der Waals surface area contributed by atoms with Gasteiger partial charge >= 0.3 is 0 Å². The molecule has 0 spiro atoms. The number of aromatic nitrogens is 1. The maximum Gasteiger partial charge on any atom is 0.0459 e. The van der Waals surface area contributed by atoms with Crippen molar-refractivity contribution < 1.29 is 0 Å². The number of H-pyrrole nitrogens is 1. The first kappa shape index (κ1) is 12.2. The molecule has 0 atom stereocenters. The van der Waals surface area contributed by atoms with Crippen molar-refractivity contribution in [1.82, 2.24) is 9.88 Å². The summed E-state index contributed by atoms with van der Waals surface area (Å²) in [5, 5.41) is 1.35. The molecule has 0 aliphatic heterocycles. The summed E-state index contributed by atoms with van der Waals surface area (Å²) in [5.41, 5.74) is 4.18. The Kier molecular flexibility index (Phi) is 3.00. The number of hydrogen-bond acceptors (Lipinski definition) is 1. The number of nitrogens with one attached hydrogen (secondary N) is 1. The van der Waals surface area contributed by atoms with Crippen LogP contribution in [0.15, 0.2) is 24.3 Å². The Labute approximate surface area is 104 Å². The fourth-order valence-corrected chi connectivity index (χ4v) is 2.32. The van der Waals surface area contributed by atoms with E-state index in [0.29, 0.717) is 0 Å². The molecule has 0 radical (unpaired) electrons. The van der Waals surface area contributed by atoms with Gasteiger partial charge in [0.05, 0.1) is 0 Å². The highest BCUT2D eigenvalue weighted by Gasteiger charge is 2.22. The first-order valence-corrected chi connectivity index (χ1v) is 6.14. The van der Waals surface area contributed by atoms with Crippen LogP contribution in [0.5, 0.6) is 0 Å². The van der Waals surface area contributed by atoms with E-state index in [0.717, 1.165) is 6.54 Å². The van der Waals surface area contributed by atoms with Gasteiger partial charge in [0, 0.05) is 28.6 Å². The Hall–Kier alpha value is -1.28. The molecule has 2 heteroatoms. The van der Waals surface area contributed by atoms with Crippen LogP contribution < -0.4 is 0 Å². The Balaban J connectivity index is 2.65. The molecule has 0 bridgehead atoms. The van der Waals surface area contributed by atoms with Crippen LogP contribution in [0.3, 0.4) is 0 Å². The molecule has 0 saturated carbocycles. The normalized spacial score (nSPS) is 12.6. The molecule has 0 aliphatic carbocycles. The first-order valence-electron chi connectivity index (χ1n) is 6.14. The van der Waals surface area contributed by atoms with E-state index < -0.39 is 0 Å². The third-order valence-corrected chi connectivity index (χ3v) is 3.04. The van der Waals surface area contributed by atoms with Crippen molar-refractivity contribution in [2.24, 2.45) is 0 Å². The van der Waals surface area contributed by atoms with Crippen LogP contribution in [-0.2, 0) is 12.0 Å². The largest absolute Gasteiger partial charge is 0.358 e. The van der Waals surface area contributed by atoms with Crippen molar-refractivity contribution in [2.75, 3.05) is 14.1 Å². The SMILES string of the molecule is CN(C)Cc1c(C(C)(C)C)[nH]c2ccccc12. The molecule has 17 heavy (non-hydrogen) atoms. The fraction of sp³-hybridized carbons (Fsp3) is 0.467. The summed E-state index contributed by atoms with van der Waals surface area (Å²) < 4.78 is 0. The zero-order chi connectivity index (χ0) is 12.6. The van der Waals surface area contributed by atoms with Gasteiger partial charge in [-0.25, -0.2) is 0 Å². The number of benzene rings is 1. The lowest BCUT2D eigenvalue weighted by atomic mass is 9.89. The molecule has 1 aromatic carbocycles. The monoisotopic (exact) mass is 230 g/mol. The molecule has 1 heterocycles. The Morgan fingerprint density at radius 2 is 1.76 bits per heavy atom. The van der Waals surface area contributed by atoms with E-state index in [1.165, 1.54) is 22.2 Å². The third-order valence-electron chi connectivity index (χ3n) is 3.04. The number of para-hydroxylation sites is 1. The summed E-state index contributed by atoms with van der Waals surface area (Å²) in [4.78, 5) is 5.81. The van der Waals surface area contributed by atoms with Gasteiger partial charge in [-0.3, -0.25) is 0 Å². The van der Waals surface area contributed by atoms with Crippen LogP contribution in [0.2, 0.25) is 0 Å². The third kappa shape index (κ3) is 2.37. The molecule has 0 aliphatic rings. The fourth-order valence-electron chi connectivity index (χ4n) is 2.32. The molecule has 0 fully saturated rings. The van der Waals surface area contributed by atoms with Crippen molar-refractivity contribution in [3.05, 3.63) is 35.5 Å². The number of fused-ring (bicyclic) bond motifs is 1. The Bertz CT molecular complexity index is 515. The molecule has 1 aromatic heterocycles. The molecule has 0 unspecified atom stereocenters. The van der Waals surface area contributed by atoms with Crippen LogP contribution in [0.1, 0.15) is 32.0 Å². The second-order valence-corrected chi connectivity index (χ2v) is 6.01. The summed E-state index contributed by atoms with van der Waals surface area (Å²) in [6, 6.07) is 8.57. The van der Waals surface area contributed by atoms with Gasteiger partial charge in [-0.15, -0.1) is 0 Å². The van der Waals surface area contributed by atoms with E-state index in [9.17, 15) is 0 Å². The molecule has 1 N–H and O–H groups in total. The highest BCUT2D eigenvalue weighted by Crippen LogP contribution is 2.31. The minimum atomic E-state index is 0.157. The van der Waals surface area contributed by atoms with E-state index in [2.05, 4.69) is 69.0 Å². The molecule has 2 rings (SSSR count). The predicted molar refractivity (Wildman–Crippen MR) is 74.4 cm³/mol. The summed E-state index contributed by atoms with van der Waals surface area (Å²) in [6.45, 7) is 7.77. The molecule has 0 saturated heterocycles. The topological polar surface area (TPSA) is 19.0 Å². The van der Waals surface area contributed by atoms with Gasteiger partial charge in [-0.2, -0.15) is 0 Å². The summed E-state index contributed by atoms with van der Waals surface area (Å²) in [7, 11) is 4.24. The van der Waals surface area contributed by atoms with E-state index in [4.69, 9.17) is 0 Å². The van der Waals surface area contributed by atoms with Crippen molar-refractivity contribution in [3.63, 3.8) is 0 Å². The standard InChI is InChI=1S/C15H22N2/c1-15(2,3)14-12(10-17(4)5)11-8-6-7-9-13(11)16-14/h6-9,16H,10H2,1-5H3. The molecular formula is C15H22N2. The summed E-state index contributed by atoms with van der Waals surface area (Å²) in [5.74, 6) is 0. The van der Waals surface area contributed by atoms with Gasteiger partial charge in [-0.05, 0) is 25.7 Å². The van der Waals surface area contributed by atoms with Gasteiger partial charge in [-0.1, -0.05) is 39.0 Å². The first-order chi connectivity index (χ1) is 7.89. The Morgan fingerprint density at radius 1 is 1.12 bits per heavy atom. The maximum absolute atomic E-state index is 3.58. The maximum atomic E-state index is 3.58. The van der Waals surface area contributed by atoms with Crippen molar-refractivity contribution in [3.8, 4) is 0 Å². The van der Waals surface area contributed by atoms with E-state index >= 15 is 0 Å². The highest BCUT2D eigenvalue weighted by atomic mass is 15.1. The Morgan fingerprint density at radius 3 is 2.35 bits per heavy atom. The van der Waals surface area contributed by atoms with E-state index in [1.807, 2.05) is 0 Å². The van der Waals surface area contributed by atoms with Gasteiger partial charge in [0.25, 0.3) is 0 Å². The van der Waals surface area contributed by atoms with E-state index in [1.54, 1.807) is 0 Å². The molecule has 2 aromatic rings. The van der Waals surface area contributed by atoms with E-state index in [-0.39, 0.29) is 5.41 Å². The molecular weight excluding hydrogens is 208 g/mol. The highest BCUT2D eigenvalue weighted by molar-refractivity contribution is 5.85. The van der Waals surface area contributed by atoms with Gasteiger partial charge in [0.1, 0.15) is 0 Å². The van der Waals surface area contributed by atoms with Crippen LogP contribution in [0, 0.1) is 0 Å². The zero-order valence-corrected chi connectivity index (χ0v) is 11.5. The van der Waals surface area contributed by atoms with Crippen LogP contribution >= 0.6 is 0 Å². The van der Waals surface area contributed by atoms with Crippen molar-refractivity contribution in [2.45, 2.75) is 32.7 Å². The zero-order valence-electron chi connectivity index (χ0n) is 11.5. The van der Waals surface area contributed by atoms with Crippen molar-refractivity contribution in [1.29, 1.82) is 0 Å². The average Bonchev–Trinajstić information content (AvgIpc) is 2.56.